The summed E-state index contributed by atoms with van der Waals surface area (Å²) in [6.45, 7) is 2.43. The predicted molar refractivity (Wildman–Crippen MR) is 104 cm³/mol. The number of anilines is 1. The lowest BCUT2D eigenvalue weighted by Crippen LogP contribution is -2.29. The van der Waals surface area contributed by atoms with E-state index in [4.69, 9.17) is 0 Å². The van der Waals surface area contributed by atoms with Crippen molar-refractivity contribution in [3.63, 3.8) is 0 Å². The molecule has 1 aliphatic carbocycles. The number of aryl methyl sites for hydroxylation is 2. The molecule has 0 radical (unpaired) electrons. The molecular weight excluding hydrogens is 290 g/mol. The Kier molecular flexibility index (Phi) is 3.47. The highest BCUT2D eigenvalue weighted by molar-refractivity contribution is 6.14. The maximum Gasteiger partial charge on any atom is 0.0452 e. The number of piperidine rings is 1. The monoisotopic (exact) mass is 315 g/mol. The first-order chi connectivity index (χ1) is 11.9. The maximum absolute atomic E-state index is 2.63. The van der Waals surface area contributed by atoms with Gasteiger partial charge in [-0.3, -0.25) is 0 Å². The van der Waals surface area contributed by atoms with Crippen molar-refractivity contribution in [2.75, 3.05) is 18.0 Å². The Labute approximate surface area is 144 Å². The summed E-state index contributed by atoms with van der Waals surface area (Å²) >= 11 is 0. The van der Waals surface area contributed by atoms with E-state index in [9.17, 15) is 0 Å². The molecule has 122 valence electrons. The van der Waals surface area contributed by atoms with Crippen molar-refractivity contribution < 1.29 is 0 Å². The van der Waals surface area contributed by atoms with E-state index in [2.05, 4.69) is 47.4 Å². The van der Waals surface area contributed by atoms with Crippen molar-refractivity contribution in [3.8, 4) is 0 Å². The van der Waals surface area contributed by atoms with Gasteiger partial charge >= 0.3 is 0 Å². The number of benzene rings is 3. The smallest absolute Gasteiger partial charge is 0.0452 e. The van der Waals surface area contributed by atoms with Gasteiger partial charge in [0.05, 0.1) is 0 Å². The van der Waals surface area contributed by atoms with Crippen LogP contribution in [-0.4, -0.2) is 13.1 Å². The van der Waals surface area contributed by atoms with Gasteiger partial charge < -0.3 is 4.90 Å². The largest absolute Gasteiger partial charge is 0.371 e. The number of fused-ring (bicyclic) bond motifs is 5. The molecule has 2 aliphatic rings. The Balaban J connectivity index is 1.82. The van der Waals surface area contributed by atoms with Gasteiger partial charge in [-0.2, -0.15) is 0 Å². The van der Waals surface area contributed by atoms with Crippen LogP contribution >= 0.6 is 0 Å². The molecule has 5 rings (SSSR count). The standard InChI is InChI=1S/C23H25N/c1-6-14-24(15-7-1)23-16-22-18-9-3-2-8-17(18)12-13-20(22)19-10-4-5-11-21(19)23/h4-5,10-13,16H,1-3,6-9,14-15H2. The predicted octanol–water partition coefficient (Wildman–Crippen LogP) is 5.86. The Hall–Kier alpha value is -2.02. The summed E-state index contributed by atoms with van der Waals surface area (Å²) in [5.74, 6) is 0. The first-order valence-electron chi connectivity index (χ1n) is 9.63. The highest BCUT2D eigenvalue weighted by atomic mass is 15.1. The van der Waals surface area contributed by atoms with E-state index in [0.717, 1.165) is 0 Å². The van der Waals surface area contributed by atoms with Crippen LogP contribution in [0.5, 0.6) is 0 Å². The Morgan fingerprint density at radius 1 is 0.625 bits per heavy atom. The normalized spacial score (nSPS) is 18.1. The Bertz CT molecular complexity index is 903. The van der Waals surface area contributed by atoms with Crippen molar-refractivity contribution in [1.82, 2.24) is 0 Å². The molecule has 3 aromatic rings. The SMILES string of the molecule is c1ccc2c(c1)c(N1CCCCC1)cc1c3c(ccc12)CCCC3. The first-order valence-corrected chi connectivity index (χ1v) is 9.63. The summed E-state index contributed by atoms with van der Waals surface area (Å²) in [7, 11) is 0. The van der Waals surface area contributed by atoms with Crippen LogP contribution in [0.4, 0.5) is 5.69 Å². The van der Waals surface area contributed by atoms with Crippen molar-refractivity contribution in [1.29, 1.82) is 0 Å². The van der Waals surface area contributed by atoms with Crippen LogP contribution in [0.15, 0.2) is 42.5 Å². The fraction of sp³-hybridized carbons (Fsp3) is 0.391. The van der Waals surface area contributed by atoms with Gasteiger partial charge in [0.25, 0.3) is 0 Å². The third-order valence-electron chi connectivity index (χ3n) is 6.05. The molecule has 1 heteroatoms. The molecule has 1 nitrogen and oxygen atoms in total. The third kappa shape index (κ3) is 2.22. The molecular formula is C23H25N. The zero-order valence-electron chi connectivity index (χ0n) is 14.4. The first kappa shape index (κ1) is 14.3. The zero-order chi connectivity index (χ0) is 15.9. The summed E-state index contributed by atoms with van der Waals surface area (Å²) in [4.78, 5) is 2.63. The quantitative estimate of drug-likeness (QED) is 0.508. The lowest BCUT2D eigenvalue weighted by Gasteiger charge is -2.31. The molecule has 0 unspecified atom stereocenters. The van der Waals surface area contributed by atoms with Crippen molar-refractivity contribution in [2.45, 2.75) is 44.9 Å². The molecule has 1 saturated heterocycles. The van der Waals surface area contributed by atoms with Gasteiger partial charge in [-0.1, -0.05) is 36.4 Å². The van der Waals surface area contributed by atoms with E-state index >= 15 is 0 Å². The minimum atomic E-state index is 1.21. The lowest BCUT2D eigenvalue weighted by molar-refractivity contribution is 0.579. The number of hydrogen-bond acceptors (Lipinski definition) is 1. The van der Waals surface area contributed by atoms with Crippen LogP contribution < -0.4 is 4.90 Å². The molecule has 3 aromatic carbocycles. The van der Waals surface area contributed by atoms with Crippen LogP contribution in [0.2, 0.25) is 0 Å². The minimum Gasteiger partial charge on any atom is -0.371 e. The second-order valence-corrected chi connectivity index (χ2v) is 7.49. The molecule has 0 N–H and O–H groups in total. The van der Waals surface area contributed by atoms with Crippen LogP contribution in [0, 0.1) is 0 Å². The minimum absolute atomic E-state index is 1.21. The maximum atomic E-state index is 2.63. The van der Waals surface area contributed by atoms with Crippen LogP contribution in [0.3, 0.4) is 0 Å². The van der Waals surface area contributed by atoms with Crippen LogP contribution in [-0.2, 0) is 12.8 Å². The van der Waals surface area contributed by atoms with E-state index in [1.165, 1.54) is 85.3 Å². The summed E-state index contributed by atoms with van der Waals surface area (Å²) in [5, 5.41) is 5.84. The third-order valence-corrected chi connectivity index (χ3v) is 6.05. The van der Waals surface area contributed by atoms with Crippen molar-refractivity contribution in [2.24, 2.45) is 0 Å². The second kappa shape index (κ2) is 5.81. The molecule has 24 heavy (non-hydrogen) atoms. The summed E-state index contributed by atoms with van der Waals surface area (Å²) in [5.41, 5.74) is 4.69. The Morgan fingerprint density at radius 2 is 1.38 bits per heavy atom. The molecule has 0 aromatic heterocycles. The molecule has 1 heterocycles. The van der Waals surface area contributed by atoms with Gasteiger partial charge in [0, 0.05) is 24.2 Å². The molecule has 0 atom stereocenters. The van der Waals surface area contributed by atoms with E-state index < -0.39 is 0 Å². The van der Waals surface area contributed by atoms with Crippen LogP contribution in [0.1, 0.15) is 43.2 Å². The van der Waals surface area contributed by atoms with Crippen molar-refractivity contribution in [3.05, 3.63) is 53.6 Å². The van der Waals surface area contributed by atoms with E-state index in [0.29, 0.717) is 0 Å². The van der Waals surface area contributed by atoms with Gasteiger partial charge in [0.15, 0.2) is 0 Å². The van der Waals surface area contributed by atoms with Crippen molar-refractivity contribution >= 4 is 27.2 Å². The molecule has 0 amide bonds. The van der Waals surface area contributed by atoms with Gasteiger partial charge in [-0.15, -0.1) is 0 Å². The van der Waals surface area contributed by atoms with Gasteiger partial charge in [0.2, 0.25) is 0 Å². The lowest BCUT2D eigenvalue weighted by atomic mass is 9.86. The highest BCUT2D eigenvalue weighted by Crippen LogP contribution is 2.39. The Morgan fingerprint density at radius 3 is 2.25 bits per heavy atom. The fourth-order valence-corrected chi connectivity index (χ4v) is 4.81. The average molecular weight is 315 g/mol. The van der Waals surface area contributed by atoms with Crippen LogP contribution in [0.25, 0.3) is 21.5 Å². The number of hydrogen-bond donors (Lipinski definition) is 0. The molecule has 1 aliphatic heterocycles. The van der Waals surface area contributed by atoms with Gasteiger partial charge in [-0.25, -0.2) is 0 Å². The molecule has 0 spiro atoms. The highest BCUT2D eigenvalue weighted by Gasteiger charge is 2.18. The van der Waals surface area contributed by atoms with E-state index in [1.54, 1.807) is 11.1 Å². The fourth-order valence-electron chi connectivity index (χ4n) is 4.81. The molecule has 0 saturated carbocycles. The second-order valence-electron chi connectivity index (χ2n) is 7.49. The summed E-state index contributed by atoms with van der Waals surface area (Å²) in [6.07, 6.45) is 9.26. The van der Waals surface area contributed by atoms with Gasteiger partial charge in [-0.05, 0) is 78.3 Å². The number of rotatable bonds is 1. The number of nitrogens with zero attached hydrogens (tertiary/aromatic N) is 1. The zero-order valence-corrected chi connectivity index (χ0v) is 14.4. The summed E-state index contributed by atoms with van der Waals surface area (Å²) in [6, 6.07) is 16.3. The molecule has 0 bridgehead atoms. The average Bonchev–Trinajstić information content (AvgIpc) is 2.67. The van der Waals surface area contributed by atoms with Gasteiger partial charge in [0.1, 0.15) is 0 Å². The van der Waals surface area contributed by atoms with E-state index in [1.807, 2.05) is 0 Å². The molecule has 1 fully saturated rings. The summed E-state index contributed by atoms with van der Waals surface area (Å²) < 4.78 is 0. The van der Waals surface area contributed by atoms with E-state index in [-0.39, 0.29) is 0 Å². The topological polar surface area (TPSA) is 3.24 Å².